The van der Waals surface area contributed by atoms with Gasteiger partial charge < -0.3 is 29.7 Å². The van der Waals surface area contributed by atoms with Crippen LogP contribution in [0.1, 0.15) is 11.8 Å². The predicted molar refractivity (Wildman–Crippen MR) is 84.6 cm³/mol. The molecule has 3 heterocycles. The number of aliphatic hydroxyl groups excluding tert-OH is 1. The molecule has 4 N–H and O–H groups in total. The first-order valence-electron chi connectivity index (χ1n) is 6.91. The van der Waals surface area contributed by atoms with Crippen molar-refractivity contribution < 1.29 is 24.0 Å². The van der Waals surface area contributed by atoms with Gasteiger partial charge in [-0.25, -0.2) is 4.79 Å². The van der Waals surface area contributed by atoms with Gasteiger partial charge in [0.2, 0.25) is 0 Å². The number of hydrogen-bond acceptors (Lipinski definition) is 8. The maximum atomic E-state index is 12.1. The summed E-state index contributed by atoms with van der Waals surface area (Å²) in [5.41, 5.74) is 4.46. The number of rotatable bonds is 4. The van der Waals surface area contributed by atoms with E-state index in [2.05, 4.69) is 4.98 Å². The van der Waals surface area contributed by atoms with Crippen molar-refractivity contribution in [2.24, 2.45) is 0 Å². The Hall–Kier alpha value is -0.870. The zero-order valence-corrected chi connectivity index (χ0v) is 14.3. The van der Waals surface area contributed by atoms with Crippen molar-refractivity contribution in [2.45, 2.75) is 31.0 Å². The molecule has 2 aliphatic heterocycles. The quantitative estimate of drug-likeness (QED) is 0.583. The highest BCUT2D eigenvalue weighted by Crippen LogP contribution is 2.52. The normalized spacial score (nSPS) is 35.4. The maximum absolute atomic E-state index is 12.1. The molecule has 0 radical (unpaired) electrons. The average Bonchev–Trinajstić information content (AvgIpc) is 2.93. The number of fused-ring (bicyclic) bond motifs is 2. The molecule has 3 rings (SSSR count). The molecular weight excluding hydrogens is 345 g/mol. The number of hydrogen-bond donors (Lipinski definition) is 3. The summed E-state index contributed by atoms with van der Waals surface area (Å²) < 4.78 is 18.3. The standard InChI is InChI=1S/C12H18N3O6PS/c1-6-3-15(11(17)14-9(6)13)10-7-8(21-22(2,18)23)12(4-16,20-10)5-19-7/h3,7-8,10,16H,4-5H2,1-2H3,(H,18,23)(H2,13,14,17)/t7?,8?,10?,12-,22?/m0/s1. The van der Waals surface area contributed by atoms with Gasteiger partial charge in [0, 0.05) is 18.4 Å². The molecule has 2 aliphatic rings. The number of anilines is 1. The van der Waals surface area contributed by atoms with Crippen LogP contribution in [-0.2, 0) is 25.8 Å². The monoisotopic (exact) mass is 363 g/mol. The Bertz CT molecular complexity index is 736. The van der Waals surface area contributed by atoms with E-state index in [1.165, 1.54) is 17.4 Å². The van der Waals surface area contributed by atoms with Crippen LogP contribution >= 0.6 is 6.49 Å². The second-order valence-electron chi connectivity index (χ2n) is 5.83. The van der Waals surface area contributed by atoms with E-state index in [-0.39, 0.29) is 12.4 Å². The van der Waals surface area contributed by atoms with Crippen LogP contribution in [0, 0.1) is 6.92 Å². The lowest BCUT2D eigenvalue weighted by Crippen LogP contribution is -2.45. The maximum Gasteiger partial charge on any atom is 0.351 e. The minimum Gasteiger partial charge on any atom is -0.393 e. The van der Waals surface area contributed by atoms with Crippen molar-refractivity contribution in [2.75, 3.05) is 25.6 Å². The van der Waals surface area contributed by atoms with Crippen molar-refractivity contribution in [3.05, 3.63) is 22.2 Å². The molecule has 1 aromatic heterocycles. The van der Waals surface area contributed by atoms with E-state index < -0.39 is 42.8 Å². The van der Waals surface area contributed by atoms with E-state index in [1.54, 1.807) is 6.92 Å². The van der Waals surface area contributed by atoms with Crippen LogP contribution in [0.15, 0.2) is 11.0 Å². The summed E-state index contributed by atoms with van der Waals surface area (Å²) in [6, 6.07) is 0. The smallest absolute Gasteiger partial charge is 0.351 e. The van der Waals surface area contributed by atoms with Gasteiger partial charge in [-0.2, -0.15) is 4.98 Å². The third kappa shape index (κ3) is 2.85. The van der Waals surface area contributed by atoms with Crippen LogP contribution < -0.4 is 11.4 Å². The molecule has 0 aromatic carbocycles. The van der Waals surface area contributed by atoms with E-state index in [4.69, 9.17) is 31.5 Å². The molecule has 0 aliphatic carbocycles. The molecule has 0 amide bonds. The first-order valence-corrected chi connectivity index (χ1v) is 10.0. The summed E-state index contributed by atoms with van der Waals surface area (Å²) in [7, 11) is 0. The molecule has 23 heavy (non-hydrogen) atoms. The van der Waals surface area contributed by atoms with Gasteiger partial charge in [-0.15, -0.1) is 0 Å². The Morgan fingerprint density at radius 3 is 3.00 bits per heavy atom. The van der Waals surface area contributed by atoms with E-state index in [0.29, 0.717) is 5.56 Å². The highest BCUT2D eigenvalue weighted by atomic mass is 32.5. The Morgan fingerprint density at radius 1 is 1.70 bits per heavy atom. The number of nitrogen functional groups attached to an aromatic ring is 1. The summed E-state index contributed by atoms with van der Waals surface area (Å²) in [5, 5.41) is 9.73. The lowest BCUT2D eigenvalue weighted by Gasteiger charge is -2.30. The minimum absolute atomic E-state index is 0.0841. The molecule has 2 fully saturated rings. The number of nitrogens with two attached hydrogens (primary N) is 1. The highest BCUT2D eigenvalue weighted by molar-refractivity contribution is 8.09. The predicted octanol–water partition coefficient (Wildman–Crippen LogP) is -0.891. The largest absolute Gasteiger partial charge is 0.393 e. The third-order valence-corrected chi connectivity index (χ3v) is 4.87. The topological polar surface area (TPSA) is 129 Å². The van der Waals surface area contributed by atoms with Crippen LogP contribution in [-0.4, -0.2) is 57.2 Å². The zero-order valence-electron chi connectivity index (χ0n) is 12.6. The summed E-state index contributed by atoms with van der Waals surface area (Å²) in [6.45, 7) is -0.208. The second-order valence-corrected chi connectivity index (χ2v) is 9.68. The molecule has 2 saturated heterocycles. The Morgan fingerprint density at radius 2 is 2.39 bits per heavy atom. The Balaban J connectivity index is 2.00. The van der Waals surface area contributed by atoms with E-state index in [9.17, 15) is 14.8 Å². The molecule has 2 bridgehead atoms. The first kappa shape index (κ1) is 17.0. The van der Waals surface area contributed by atoms with Crippen molar-refractivity contribution in [3.63, 3.8) is 0 Å². The van der Waals surface area contributed by atoms with Crippen molar-refractivity contribution in [1.29, 1.82) is 0 Å². The summed E-state index contributed by atoms with van der Waals surface area (Å²) in [5.74, 6) is 0.138. The van der Waals surface area contributed by atoms with Crippen LogP contribution in [0.5, 0.6) is 0 Å². The van der Waals surface area contributed by atoms with Crippen LogP contribution in [0.25, 0.3) is 0 Å². The van der Waals surface area contributed by atoms with Gasteiger partial charge in [0.25, 0.3) is 0 Å². The van der Waals surface area contributed by atoms with Gasteiger partial charge in [0.05, 0.1) is 13.2 Å². The highest BCUT2D eigenvalue weighted by Gasteiger charge is 2.63. The zero-order chi connectivity index (χ0) is 17.0. The number of aromatic nitrogens is 2. The van der Waals surface area contributed by atoms with Crippen molar-refractivity contribution in [3.8, 4) is 0 Å². The fourth-order valence-corrected chi connectivity index (χ4v) is 3.87. The number of aliphatic hydroxyl groups is 1. The second kappa shape index (κ2) is 5.59. The molecule has 0 saturated carbocycles. The molecule has 9 nitrogen and oxygen atoms in total. The lowest BCUT2D eigenvalue weighted by atomic mass is 10.0. The molecule has 1 aromatic rings. The lowest BCUT2D eigenvalue weighted by molar-refractivity contribution is -0.187. The number of aryl methyl sites for hydroxylation is 1. The van der Waals surface area contributed by atoms with Gasteiger partial charge >= 0.3 is 5.69 Å². The molecule has 128 valence electrons. The molecule has 5 atom stereocenters. The number of ether oxygens (including phenoxy) is 2. The van der Waals surface area contributed by atoms with Crippen LogP contribution in [0.3, 0.4) is 0 Å². The van der Waals surface area contributed by atoms with E-state index in [0.717, 1.165) is 0 Å². The summed E-state index contributed by atoms with van der Waals surface area (Å²) in [4.78, 5) is 25.7. The fraction of sp³-hybridized carbons (Fsp3) is 0.667. The van der Waals surface area contributed by atoms with Crippen LogP contribution in [0.2, 0.25) is 0 Å². The molecular formula is C12H18N3O6PS. The van der Waals surface area contributed by atoms with Crippen molar-refractivity contribution >= 4 is 24.1 Å². The molecule has 11 heteroatoms. The Kier molecular flexibility index (Phi) is 4.13. The van der Waals surface area contributed by atoms with Crippen LogP contribution in [0.4, 0.5) is 5.82 Å². The average molecular weight is 363 g/mol. The van der Waals surface area contributed by atoms with Gasteiger partial charge in [0.15, 0.2) is 12.7 Å². The van der Waals surface area contributed by atoms with E-state index in [1.807, 2.05) is 0 Å². The van der Waals surface area contributed by atoms with Gasteiger partial charge in [0.1, 0.15) is 23.6 Å². The Labute approximate surface area is 137 Å². The molecule has 4 unspecified atom stereocenters. The van der Waals surface area contributed by atoms with E-state index >= 15 is 0 Å². The third-order valence-electron chi connectivity index (χ3n) is 4.00. The SMILES string of the molecule is Cc1cn(C2O[C@@]3(CO)COC2C3OP(C)(O)=S)c(=O)nc1N. The summed E-state index contributed by atoms with van der Waals surface area (Å²) in [6.07, 6.45) is -0.799. The number of nitrogens with zero attached hydrogens (tertiary/aromatic N) is 2. The summed E-state index contributed by atoms with van der Waals surface area (Å²) >= 11 is 4.93. The minimum atomic E-state index is -3.01. The van der Waals surface area contributed by atoms with Gasteiger partial charge in [-0.05, 0) is 18.7 Å². The van der Waals surface area contributed by atoms with Crippen molar-refractivity contribution in [1.82, 2.24) is 9.55 Å². The first-order chi connectivity index (χ1) is 10.7. The molecule has 0 spiro atoms. The van der Waals surface area contributed by atoms with Gasteiger partial charge in [-0.1, -0.05) is 0 Å². The fourth-order valence-electron chi connectivity index (χ4n) is 2.86. The van der Waals surface area contributed by atoms with Gasteiger partial charge in [-0.3, -0.25) is 4.57 Å².